The van der Waals surface area contributed by atoms with Gasteiger partial charge in [-0.1, -0.05) is 24.3 Å². The minimum Gasteiger partial charge on any atom is -0.211 e. The summed E-state index contributed by atoms with van der Waals surface area (Å²) in [4.78, 5) is 13.5. The van der Waals surface area contributed by atoms with Gasteiger partial charge in [0.1, 0.15) is 6.04 Å². The summed E-state index contributed by atoms with van der Waals surface area (Å²) in [5.74, 6) is 0. The highest BCUT2D eigenvalue weighted by molar-refractivity contribution is 5.47. The Morgan fingerprint density at radius 3 is 2.60 bits per heavy atom. The molecule has 10 heavy (non-hydrogen) atoms. The smallest absolute Gasteiger partial charge is 0.211 e. The average Bonchev–Trinajstić information content (AvgIpc) is 2.01. The third-order valence-electron chi connectivity index (χ3n) is 1.72. The molecule has 0 unspecified atom stereocenters. The third-order valence-corrected chi connectivity index (χ3v) is 1.72. The molecule has 2 bridgehead atoms. The molecular weight excluding hydrogens is 126 g/mol. The summed E-state index contributed by atoms with van der Waals surface area (Å²) in [5.41, 5.74) is 2.22. The highest BCUT2D eigenvalue weighted by Crippen LogP contribution is 2.35. The lowest BCUT2D eigenvalue weighted by Gasteiger charge is -2.21. The second-order valence-corrected chi connectivity index (χ2v) is 2.29. The molecule has 1 aromatic carbocycles. The molecule has 0 amide bonds. The largest absolute Gasteiger partial charge is 0.235 e. The highest BCUT2D eigenvalue weighted by Gasteiger charge is 2.21. The number of hydrogen-bond acceptors (Lipinski definition) is 2. The molecule has 0 spiro atoms. The Balaban J connectivity index is 2.43. The van der Waals surface area contributed by atoms with E-state index < -0.39 is 0 Å². The van der Waals surface area contributed by atoms with Crippen LogP contribution in [0.2, 0.25) is 0 Å². The van der Waals surface area contributed by atoms with Gasteiger partial charge >= 0.3 is 0 Å². The van der Waals surface area contributed by atoms with E-state index in [1.165, 1.54) is 0 Å². The molecule has 0 saturated carbocycles. The molecule has 0 atom stereocenters. The first-order valence-electron chi connectivity index (χ1n) is 3.08. The van der Waals surface area contributed by atoms with Gasteiger partial charge in [-0.2, -0.15) is 4.99 Å². The van der Waals surface area contributed by atoms with Gasteiger partial charge in [0.2, 0.25) is 6.08 Å². The maximum Gasteiger partial charge on any atom is 0.235 e. The maximum atomic E-state index is 9.87. The average molecular weight is 131 g/mol. The van der Waals surface area contributed by atoms with Gasteiger partial charge in [-0.15, -0.1) is 0 Å². The molecule has 0 aromatic heterocycles. The SMILES string of the molecule is O=C=NC1c2cccc1c2. The third kappa shape index (κ3) is 0.539. The van der Waals surface area contributed by atoms with Crippen LogP contribution in [-0.4, -0.2) is 6.08 Å². The topological polar surface area (TPSA) is 29.4 Å². The van der Waals surface area contributed by atoms with Crippen LogP contribution < -0.4 is 0 Å². The highest BCUT2D eigenvalue weighted by atomic mass is 16.1. The van der Waals surface area contributed by atoms with Crippen molar-refractivity contribution < 1.29 is 4.79 Å². The van der Waals surface area contributed by atoms with Gasteiger partial charge in [0.25, 0.3) is 0 Å². The monoisotopic (exact) mass is 131 g/mol. The first-order valence-corrected chi connectivity index (χ1v) is 3.08. The Kier molecular flexibility index (Phi) is 0.965. The lowest BCUT2D eigenvalue weighted by Crippen LogP contribution is -2.07. The van der Waals surface area contributed by atoms with E-state index in [1.54, 1.807) is 6.08 Å². The molecule has 0 aliphatic heterocycles. The Labute approximate surface area is 58.2 Å². The molecule has 0 saturated heterocycles. The zero-order valence-electron chi connectivity index (χ0n) is 5.24. The van der Waals surface area contributed by atoms with E-state index in [1.807, 2.05) is 24.3 Å². The number of rotatable bonds is 1. The zero-order valence-corrected chi connectivity index (χ0v) is 5.24. The molecule has 3 rings (SSSR count). The van der Waals surface area contributed by atoms with Crippen LogP contribution in [0.15, 0.2) is 29.3 Å². The molecule has 0 N–H and O–H groups in total. The lowest BCUT2D eigenvalue weighted by molar-refractivity contribution is 0.559. The van der Waals surface area contributed by atoms with Crippen LogP contribution in [0.25, 0.3) is 0 Å². The maximum absolute atomic E-state index is 9.87. The summed E-state index contributed by atoms with van der Waals surface area (Å²) in [7, 11) is 0. The Hall–Kier alpha value is -1.40. The molecule has 2 heteroatoms. The fraction of sp³-hybridized carbons (Fsp3) is 0.125. The van der Waals surface area contributed by atoms with E-state index in [0.29, 0.717) is 0 Å². The molecule has 0 fully saturated rings. The van der Waals surface area contributed by atoms with Crippen LogP contribution in [-0.2, 0) is 4.79 Å². The van der Waals surface area contributed by atoms with Gasteiger partial charge in [0, 0.05) is 0 Å². The first-order chi connectivity index (χ1) is 4.92. The van der Waals surface area contributed by atoms with Crippen LogP contribution in [0.5, 0.6) is 0 Å². The number of nitrogens with zero attached hydrogens (tertiary/aromatic N) is 1. The summed E-state index contributed by atoms with van der Waals surface area (Å²) in [6.07, 6.45) is 1.56. The Bertz CT molecular complexity index is 286. The van der Waals surface area contributed by atoms with Crippen molar-refractivity contribution >= 4 is 6.08 Å². The van der Waals surface area contributed by atoms with E-state index in [2.05, 4.69) is 4.99 Å². The number of aliphatic imine (C=N–C) groups is 1. The number of benzene rings is 1. The molecular formula is C8H5NO. The Morgan fingerprint density at radius 1 is 1.40 bits per heavy atom. The van der Waals surface area contributed by atoms with Crippen molar-refractivity contribution in [3.8, 4) is 0 Å². The Morgan fingerprint density at radius 2 is 2.10 bits per heavy atom. The quantitative estimate of drug-likeness (QED) is 0.418. The summed E-state index contributed by atoms with van der Waals surface area (Å²) < 4.78 is 0. The van der Waals surface area contributed by atoms with E-state index in [9.17, 15) is 4.79 Å². The minimum atomic E-state index is 0.00231. The van der Waals surface area contributed by atoms with Crippen LogP contribution in [0, 0.1) is 0 Å². The van der Waals surface area contributed by atoms with E-state index in [-0.39, 0.29) is 6.04 Å². The van der Waals surface area contributed by atoms with Crippen molar-refractivity contribution in [1.29, 1.82) is 0 Å². The predicted octanol–water partition coefficient (Wildman–Crippen LogP) is 1.43. The lowest BCUT2D eigenvalue weighted by atomic mass is 9.88. The summed E-state index contributed by atoms with van der Waals surface area (Å²) in [6.45, 7) is 0. The number of hydrogen-bond donors (Lipinski definition) is 0. The van der Waals surface area contributed by atoms with Crippen LogP contribution >= 0.6 is 0 Å². The molecule has 2 nitrogen and oxygen atoms in total. The van der Waals surface area contributed by atoms with Crippen molar-refractivity contribution in [3.63, 3.8) is 0 Å². The molecule has 0 heterocycles. The van der Waals surface area contributed by atoms with Crippen molar-refractivity contribution in [2.75, 3.05) is 0 Å². The van der Waals surface area contributed by atoms with Gasteiger partial charge in [-0.25, -0.2) is 4.79 Å². The summed E-state index contributed by atoms with van der Waals surface area (Å²) in [6, 6.07) is 7.90. The van der Waals surface area contributed by atoms with E-state index in [0.717, 1.165) is 11.1 Å². The van der Waals surface area contributed by atoms with E-state index >= 15 is 0 Å². The summed E-state index contributed by atoms with van der Waals surface area (Å²) >= 11 is 0. The standard InChI is InChI=1S/C8H5NO/c10-5-9-8-6-2-1-3-7(8)4-6/h1-4,8H. The molecule has 1 aromatic rings. The number of fused-ring (bicyclic) bond motifs is 2. The van der Waals surface area contributed by atoms with Gasteiger partial charge < -0.3 is 0 Å². The van der Waals surface area contributed by atoms with E-state index in [4.69, 9.17) is 0 Å². The van der Waals surface area contributed by atoms with Gasteiger partial charge in [-0.3, -0.25) is 0 Å². The second-order valence-electron chi connectivity index (χ2n) is 2.29. The zero-order chi connectivity index (χ0) is 6.97. The van der Waals surface area contributed by atoms with Crippen molar-refractivity contribution in [1.82, 2.24) is 0 Å². The van der Waals surface area contributed by atoms with Crippen LogP contribution in [0.3, 0.4) is 0 Å². The number of isocyanates is 1. The minimum absolute atomic E-state index is 0.00231. The van der Waals surface area contributed by atoms with Gasteiger partial charge in [0.15, 0.2) is 0 Å². The molecule has 2 aliphatic carbocycles. The predicted molar refractivity (Wildman–Crippen MR) is 36.4 cm³/mol. The fourth-order valence-corrected chi connectivity index (χ4v) is 1.20. The van der Waals surface area contributed by atoms with Gasteiger partial charge in [0.05, 0.1) is 0 Å². The van der Waals surface area contributed by atoms with Gasteiger partial charge in [-0.05, 0) is 11.1 Å². The number of carbonyl (C=O) groups excluding carboxylic acids is 1. The van der Waals surface area contributed by atoms with Crippen LogP contribution in [0.4, 0.5) is 0 Å². The molecule has 0 radical (unpaired) electrons. The molecule has 48 valence electrons. The van der Waals surface area contributed by atoms with Crippen LogP contribution in [0.1, 0.15) is 17.2 Å². The summed E-state index contributed by atoms with van der Waals surface area (Å²) in [5, 5.41) is 0. The fourth-order valence-electron chi connectivity index (χ4n) is 1.20. The first kappa shape index (κ1) is 5.39. The van der Waals surface area contributed by atoms with Crippen molar-refractivity contribution in [2.45, 2.75) is 6.04 Å². The normalized spacial score (nSPS) is 13.6. The molecule has 2 aliphatic rings. The second kappa shape index (κ2) is 1.79. The van der Waals surface area contributed by atoms with Crippen molar-refractivity contribution in [3.05, 3.63) is 35.4 Å². The van der Waals surface area contributed by atoms with Crippen molar-refractivity contribution in [2.24, 2.45) is 4.99 Å².